The van der Waals surface area contributed by atoms with Gasteiger partial charge < -0.3 is 4.74 Å². The summed E-state index contributed by atoms with van der Waals surface area (Å²) in [5.74, 6) is 0.810. The van der Waals surface area contributed by atoms with Gasteiger partial charge >= 0.3 is 0 Å². The van der Waals surface area contributed by atoms with E-state index in [9.17, 15) is 0 Å². The summed E-state index contributed by atoms with van der Waals surface area (Å²) in [4.78, 5) is 4.12. The Labute approximate surface area is 84.3 Å². The van der Waals surface area contributed by atoms with Crippen LogP contribution in [0.5, 0.6) is 5.88 Å². The summed E-state index contributed by atoms with van der Waals surface area (Å²) in [6.07, 6.45) is 1.76. The molecule has 74 valence electrons. The van der Waals surface area contributed by atoms with Crippen LogP contribution in [0.1, 0.15) is 37.8 Å². The van der Waals surface area contributed by atoms with E-state index in [1.54, 1.807) is 6.20 Å². The molecule has 0 radical (unpaired) electrons. The lowest BCUT2D eigenvalue weighted by Gasteiger charge is -2.08. The van der Waals surface area contributed by atoms with Crippen LogP contribution in [0.3, 0.4) is 0 Å². The molecule has 0 aliphatic carbocycles. The molecule has 0 saturated heterocycles. The summed E-state index contributed by atoms with van der Waals surface area (Å²) in [5.41, 5.74) is 1.57. The van der Waals surface area contributed by atoms with E-state index < -0.39 is 0 Å². The minimum absolute atomic E-state index is 0.380. The molecule has 0 aliphatic heterocycles. The van der Waals surface area contributed by atoms with Crippen molar-refractivity contribution in [3.05, 3.63) is 23.4 Å². The molecule has 0 spiro atoms. The van der Waals surface area contributed by atoms with Gasteiger partial charge in [0.1, 0.15) is 11.6 Å². The zero-order valence-corrected chi connectivity index (χ0v) is 8.74. The van der Waals surface area contributed by atoms with Gasteiger partial charge in [-0.1, -0.05) is 13.8 Å². The molecule has 1 rings (SSSR count). The SMILES string of the molecule is CCOc1ncc(C(C)C)cc1C#N. The second-order valence-electron chi connectivity index (χ2n) is 3.32. The molecule has 3 nitrogen and oxygen atoms in total. The number of nitrogens with zero attached hydrogens (tertiary/aromatic N) is 2. The maximum absolute atomic E-state index is 8.88. The predicted octanol–water partition coefficient (Wildman–Crippen LogP) is 2.48. The van der Waals surface area contributed by atoms with Crippen molar-refractivity contribution in [3.8, 4) is 11.9 Å². The molecule has 1 aromatic heterocycles. The quantitative estimate of drug-likeness (QED) is 0.735. The predicted molar refractivity (Wildman–Crippen MR) is 54.2 cm³/mol. The largest absolute Gasteiger partial charge is 0.477 e. The second kappa shape index (κ2) is 4.61. The molecule has 14 heavy (non-hydrogen) atoms. The summed E-state index contributed by atoms with van der Waals surface area (Å²) in [7, 11) is 0. The van der Waals surface area contributed by atoms with E-state index in [-0.39, 0.29) is 0 Å². The topological polar surface area (TPSA) is 45.9 Å². The fourth-order valence-electron chi connectivity index (χ4n) is 1.12. The monoisotopic (exact) mass is 190 g/mol. The molecule has 3 heteroatoms. The fraction of sp³-hybridized carbons (Fsp3) is 0.455. The Hall–Kier alpha value is -1.56. The molecule has 0 N–H and O–H groups in total. The summed E-state index contributed by atoms with van der Waals surface area (Å²) < 4.78 is 5.23. The highest BCUT2D eigenvalue weighted by Gasteiger charge is 2.07. The Balaban J connectivity index is 3.07. The van der Waals surface area contributed by atoms with Gasteiger partial charge in [0.15, 0.2) is 0 Å². The van der Waals surface area contributed by atoms with Crippen LogP contribution in [-0.4, -0.2) is 11.6 Å². The molecule has 0 aromatic carbocycles. The Morgan fingerprint density at radius 2 is 2.29 bits per heavy atom. The van der Waals surface area contributed by atoms with E-state index in [1.807, 2.05) is 13.0 Å². The van der Waals surface area contributed by atoms with E-state index in [0.717, 1.165) is 5.56 Å². The highest BCUT2D eigenvalue weighted by atomic mass is 16.5. The lowest BCUT2D eigenvalue weighted by molar-refractivity contribution is 0.325. The van der Waals surface area contributed by atoms with Crippen LogP contribution in [-0.2, 0) is 0 Å². The number of aromatic nitrogens is 1. The highest BCUT2D eigenvalue weighted by Crippen LogP contribution is 2.20. The Kier molecular flexibility index (Phi) is 3.47. The number of hydrogen-bond donors (Lipinski definition) is 0. The summed E-state index contributed by atoms with van der Waals surface area (Å²) in [6.45, 7) is 6.54. The third-order valence-corrected chi connectivity index (χ3v) is 1.94. The maximum Gasteiger partial charge on any atom is 0.231 e. The van der Waals surface area contributed by atoms with Crippen LogP contribution < -0.4 is 4.74 Å². The van der Waals surface area contributed by atoms with Gasteiger partial charge in [-0.05, 0) is 24.5 Å². The van der Waals surface area contributed by atoms with Crippen molar-refractivity contribution in [2.24, 2.45) is 0 Å². The van der Waals surface area contributed by atoms with Gasteiger partial charge in [0.2, 0.25) is 5.88 Å². The van der Waals surface area contributed by atoms with Crippen molar-refractivity contribution in [2.45, 2.75) is 26.7 Å². The first kappa shape index (κ1) is 10.5. The Morgan fingerprint density at radius 3 is 2.79 bits per heavy atom. The zero-order valence-electron chi connectivity index (χ0n) is 8.74. The van der Waals surface area contributed by atoms with Crippen LogP contribution in [0.25, 0.3) is 0 Å². The molecule has 0 saturated carbocycles. The first-order chi connectivity index (χ1) is 6.69. The van der Waals surface area contributed by atoms with Gasteiger partial charge in [0.05, 0.1) is 6.61 Å². The Morgan fingerprint density at radius 1 is 1.57 bits per heavy atom. The average Bonchev–Trinajstić information content (AvgIpc) is 2.18. The lowest BCUT2D eigenvalue weighted by Crippen LogP contribution is -1.99. The van der Waals surface area contributed by atoms with Crippen molar-refractivity contribution in [1.82, 2.24) is 4.98 Å². The van der Waals surface area contributed by atoms with E-state index in [1.165, 1.54) is 0 Å². The molecule has 0 atom stereocenters. The van der Waals surface area contributed by atoms with Crippen LogP contribution in [0.2, 0.25) is 0 Å². The molecule has 0 aliphatic rings. The number of nitriles is 1. The molecule has 0 fully saturated rings. The molecular weight excluding hydrogens is 176 g/mol. The van der Waals surface area contributed by atoms with Crippen LogP contribution in [0, 0.1) is 11.3 Å². The van der Waals surface area contributed by atoms with Crippen molar-refractivity contribution >= 4 is 0 Å². The molecule has 0 unspecified atom stereocenters. The van der Waals surface area contributed by atoms with E-state index in [0.29, 0.717) is 24.0 Å². The van der Waals surface area contributed by atoms with Gasteiger partial charge in [-0.2, -0.15) is 5.26 Å². The van der Waals surface area contributed by atoms with Crippen LogP contribution in [0.4, 0.5) is 0 Å². The first-order valence-corrected chi connectivity index (χ1v) is 4.71. The number of rotatable bonds is 3. The van der Waals surface area contributed by atoms with E-state index in [4.69, 9.17) is 10.00 Å². The molecule has 1 aromatic rings. The van der Waals surface area contributed by atoms with Crippen molar-refractivity contribution in [1.29, 1.82) is 5.26 Å². The van der Waals surface area contributed by atoms with Gasteiger partial charge in [-0.25, -0.2) is 4.98 Å². The number of pyridine rings is 1. The van der Waals surface area contributed by atoms with Crippen molar-refractivity contribution in [3.63, 3.8) is 0 Å². The number of ether oxygens (including phenoxy) is 1. The second-order valence-corrected chi connectivity index (χ2v) is 3.32. The average molecular weight is 190 g/mol. The van der Waals surface area contributed by atoms with Crippen LogP contribution in [0.15, 0.2) is 12.3 Å². The molecule has 0 bridgehead atoms. The standard InChI is InChI=1S/C11H14N2O/c1-4-14-11-9(6-12)5-10(7-13-11)8(2)3/h5,7-8H,4H2,1-3H3. The maximum atomic E-state index is 8.88. The first-order valence-electron chi connectivity index (χ1n) is 4.71. The number of hydrogen-bond acceptors (Lipinski definition) is 3. The summed E-state index contributed by atoms with van der Waals surface area (Å²) in [6, 6.07) is 3.92. The Bertz CT molecular complexity index is 353. The van der Waals surface area contributed by atoms with E-state index in [2.05, 4.69) is 24.9 Å². The summed E-state index contributed by atoms with van der Waals surface area (Å²) >= 11 is 0. The zero-order chi connectivity index (χ0) is 10.6. The molecule has 0 amide bonds. The molecular formula is C11H14N2O. The third kappa shape index (κ3) is 2.23. The van der Waals surface area contributed by atoms with E-state index >= 15 is 0 Å². The normalized spacial score (nSPS) is 9.93. The van der Waals surface area contributed by atoms with Gasteiger partial charge in [-0.3, -0.25) is 0 Å². The van der Waals surface area contributed by atoms with Gasteiger partial charge in [-0.15, -0.1) is 0 Å². The lowest BCUT2D eigenvalue weighted by atomic mass is 10.0. The van der Waals surface area contributed by atoms with Crippen molar-refractivity contribution < 1.29 is 4.74 Å². The minimum atomic E-state index is 0.380. The fourth-order valence-corrected chi connectivity index (χ4v) is 1.12. The third-order valence-electron chi connectivity index (χ3n) is 1.94. The highest BCUT2D eigenvalue weighted by molar-refractivity contribution is 5.40. The minimum Gasteiger partial charge on any atom is -0.477 e. The van der Waals surface area contributed by atoms with Gasteiger partial charge in [0, 0.05) is 6.20 Å². The summed E-state index contributed by atoms with van der Waals surface area (Å²) in [5, 5.41) is 8.88. The van der Waals surface area contributed by atoms with Gasteiger partial charge in [0.25, 0.3) is 0 Å². The van der Waals surface area contributed by atoms with Crippen molar-refractivity contribution in [2.75, 3.05) is 6.61 Å². The smallest absolute Gasteiger partial charge is 0.231 e. The molecule has 1 heterocycles. The van der Waals surface area contributed by atoms with Crippen LogP contribution >= 0.6 is 0 Å².